The Hall–Kier alpha value is -1.12. The van der Waals surface area contributed by atoms with Crippen molar-refractivity contribution in [1.29, 1.82) is 5.26 Å². The lowest BCUT2D eigenvalue weighted by molar-refractivity contribution is 0.416. The van der Waals surface area contributed by atoms with Crippen LogP contribution < -0.4 is 0 Å². The average Bonchev–Trinajstić information content (AvgIpc) is 2.00. The van der Waals surface area contributed by atoms with Gasteiger partial charge in [0.05, 0.1) is 6.07 Å². The van der Waals surface area contributed by atoms with E-state index in [1.54, 1.807) is 6.92 Å². The first-order valence-corrected chi connectivity index (χ1v) is 4.11. The Morgan fingerprint density at radius 3 is 2.92 bits per heavy atom. The summed E-state index contributed by atoms with van der Waals surface area (Å²) < 4.78 is 22.5. The highest BCUT2D eigenvalue weighted by atomic mass is 32.2. The summed E-state index contributed by atoms with van der Waals surface area (Å²) in [6, 6.07) is 1.85. The molecule has 0 aromatic heterocycles. The van der Waals surface area contributed by atoms with Crippen molar-refractivity contribution in [3.8, 4) is 6.07 Å². The van der Waals surface area contributed by atoms with Crippen LogP contribution in [0.4, 0.5) is 0 Å². The molecule has 0 aromatic carbocycles. The summed E-state index contributed by atoms with van der Waals surface area (Å²) in [7, 11) is 0. The molecule has 0 aliphatic carbocycles. The Balaban J connectivity index is 3.96. The molecule has 0 saturated carbocycles. The maximum atomic E-state index is 10.0. The Bertz CT molecular complexity index is 264. The van der Waals surface area contributed by atoms with Crippen LogP contribution in [0.25, 0.3) is 0 Å². The molecule has 0 aliphatic rings. The molecule has 0 aliphatic heterocycles. The van der Waals surface area contributed by atoms with E-state index in [1.807, 2.05) is 6.07 Å². The summed E-state index contributed by atoms with van der Waals surface area (Å²) in [5.74, 6) is 0. The molecule has 0 radical (unpaired) electrons. The number of hydrogen-bond acceptors (Lipinski definition) is 3. The van der Waals surface area contributed by atoms with Crippen molar-refractivity contribution in [1.82, 2.24) is 0 Å². The van der Waals surface area contributed by atoms with Gasteiger partial charge in [-0.3, -0.25) is 4.55 Å². The van der Waals surface area contributed by atoms with Gasteiger partial charge in [-0.1, -0.05) is 6.58 Å². The molecule has 12 heavy (non-hydrogen) atoms. The van der Waals surface area contributed by atoms with Crippen molar-refractivity contribution < 1.29 is 12.9 Å². The smallest absolute Gasteiger partial charge is 0.356 e. The summed E-state index contributed by atoms with van der Waals surface area (Å²) in [5.41, 5.74) is 1.06. The maximum Gasteiger partial charge on any atom is 0.356 e. The molecule has 1 N–H and O–H groups in total. The van der Waals surface area contributed by atoms with E-state index in [1.165, 1.54) is 0 Å². The second kappa shape index (κ2) is 5.52. The fraction of sp³-hybridized carbons (Fsp3) is 0.286. The first-order chi connectivity index (χ1) is 5.56. The van der Waals surface area contributed by atoms with Gasteiger partial charge in [0.15, 0.2) is 0 Å². The van der Waals surface area contributed by atoms with Gasteiger partial charge < -0.3 is 4.18 Å². The molecule has 5 heteroatoms. The zero-order valence-electron chi connectivity index (χ0n) is 6.61. The molecule has 0 rings (SSSR count). The van der Waals surface area contributed by atoms with Gasteiger partial charge in [-0.05, 0) is 12.5 Å². The van der Waals surface area contributed by atoms with E-state index in [9.17, 15) is 4.21 Å². The van der Waals surface area contributed by atoms with E-state index in [2.05, 4.69) is 10.8 Å². The normalized spacial score (nSPS) is 13.2. The fourth-order valence-corrected chi connectivity index (χ4v) is 0.788. The Kier molecular flexibility index (Phi) is 5.00. The van der Waals surface area contributed by atoms with E-state index >= 15 is 0 Å². The predicted molar refractivity (Wildman–Crippen MR) is 45.0 cm³/mol. The molecular weight excluding hydrogens is 178 g/mol. The molecular formula is C7H9NO3S. The third-order valence-corrected chi connectivity index (χ3v) is 1.24. The van der Waals surface area contributed by atoms with Crippen LogP contribution >= 0.6 is 0 Å². The van der Waals surface area contributed by atoms with Gasteiger partial charge in [-0.15, -0.1) is 0 Å². The van der Waals surface area contributed by atoms with Crippen LogP contribution in [0.1, 0.15) is 13.3 Å². The first kappa shape index (κ1) is 10.9. The summed E-state index contributed by atoms with van der Waals surface area (Å²) in [6.45, 7) is 5.12. The molecule has 0 aromatic rings. The molecule has 0 spiro atoms. The minimum atomic E-state index is -2.29. The van der Waals surface area contributed by atoms with Gasteiger partial charge in [0.2, 0.25) is 0 Å². The van der Waals surface area contributed by atoms with Gasteiger partial charge in [-0.2, -0.15) is 9.47 Å². The molecule has 0 bridgehead atoms. The van der Waals surface area contributed by atoms with Crippen LogP contribution in [0, 0.1) is 11.3 Å². The van der Waals surface area contributed by atoms with Gasteiger partial charge >= 0.3 is 11.4 Å². The molecule has 0 fully saturated rings. The number of hydrogen-bond donors (Lipinski definition) is 1. The van der Waals surface area contributed by atoms with Gasteiger partial charge in [0.1, 0.15) is 6.26 Å². The molecule has 0 amide bonds. The van der Waals surface area contributed by atoms with Crippen LogP contribution in [-0.4, -0.2) is 8.76 Å². The maximum absolute atomic E-state index is 10.0. The Morgan fingerprint density at radius 1 is 1.92 bits per heavy atom. The van der Waals surface area contributed by atoms with Crippen LogP contribution in [0.15, 0.2) is 24.0 Å². The third kappa shape index (κ3) is 5.65. The van der Waals surface area contributed by atoms with E-state index in [-0.39, 0.29) is 0 Å². The molecule has 1 unspecified atom stereocenters. The molecule has 0 heterocycles. The number of rotatable bonds is 4. The fourth-order valence-electron chi connectivity index (χ4n) is 0.541. The van der Waals surface area contributed by atoms with E-state index in [0.717, 1.165) is 6.26 Å². The monoisotopic (exact) mass is 187 g/mol. The number of nitrogens with zero attached hydrogens (tertiary/aromatic N) is 1. The van der Waals surface area contributed by atoms with Gasteiger partial charge in [-0.25, -0.2) is 0 Å². The predicted octanol–water partition coefficient (Wildman–Crippen LogP) is 1.51. The topological polar surface area (TPSA) is 70.3 Å². The quantitative estimate of drug-likeness (QED) is 0.411. The standard InChI is InChI=1S/C7H9NO3S/c1-6(4-8)3-7(2)5-11-12(9)10/h5H,1,3H2,2H3,(H,9,10). The minimum Gasteiger partial charge on any atom is -0.388 e. The lowest BCUT2D eigenvalue weighted by Gasteiger charge is -1.96. The van der Waals surface area contributed by atoms with Crippen molar-refractivity contribution in [3.05, 3.63) is 24.0 Å². The van der Waals surface area contributed by atoms with E-state index in [4.69, 9.17) is 9.81 Å². The number of nitriles is 1. The molecule has 4 nitrogen and oxygen atoms in total. The van der Waals surface area contributed by atoms with Crippen molar-refractivity contribution in [2.24, 2.45) is 0 Å². The van der Waals surface area contributed by atoms with Crippen LogP contribution in [-0.2, 0) is 15.5 Å². The molecule has 66 valence electrons. The zero-order valence-corrected chi connectivity index (χ0v) is 7.43. The largest absolute Gasteiger partial charge is 0.388 e. The van der Waals surface area contributed by atoms with Gasteiger partial charge in [0, 0.05) is 12.0 Å². The van der Waals surface area contributed by atoms with Crippen molar-refractivity contribution >= 4 is 11.4 Å². The summed E-state index contributed by atoms with van der Waals surface area (Å²) >= 11 is -2.29. The summed E-state index contributed by atoms with van der Waals surface area (Å²) in [5, 5.41) is 8.33. The van der Waals surface area contributed by atoms with E-state index < -0.39 is 11.4 Å². The SMILES string of the molecule is C=C(C#N)CC(C)=COS(=O)O. The first-order valence-electron chi connectivity index (χ1n) is 3.07. The molecule has 0 saturated heterocycles. The average molecular weight is 187 g/mol. The second-order valence-corrected chi connectivity index (χ2v) is 2.80. The van der Waals surface area contributed by atoms with Crippen LogP contribution in [0.5, 0.6) is 0 Å². The third-order valence-electron chi connectivity index (χ3n) is 0.982. The molecule has 1 atom stereocenters. The highest BCUT2D eigenvalue weighted by Gasteiger charge is 1.95. The second-order valence-electron chi connectivity index (χ2n) is 2.17. The lowest BCUT2D eigenvalue weighted by atomic mass is 10.1. The summed E-state index contributed by atoms with van der Waals surface area (Å²) in [6.07, 6.45) is 1.49. The number of allylic oxidation sites excluding steroid dienone is 2. The van der Waals surface area contributed by atoms with E-state index in [0.29, 0.717) is 17.6 Å². The highest BCUT2D eigenvalue weighted by molar-refractivity contribution is 7.74. The Morgan fingerprint density at radius 2 is 2.50 bits per heavy atom. The van der Waals surface area contributed by atoms with Crippen LogP contribution in [0.2, 0.25) is 0 Å². The zero-order chi connectivity index (χ0) is 9.56. The van der Waals surface area contributed by atoms with Crippen LogP contribution in [0.3, 0.4) is 0 Å². The van der Waals surface area contributed by atoms with Crippen molar-refractivity contribution in [2.45, 2.75) is 13.3 Å². The lowest BCUT2D eigenvalue weighted by Crippen LogP contribution is -1.88. The van der Waals surface area contributed by atoms with Gasteiger partial charge in [0.25, 0.3) is 0 Å². The Labute approximate surface area is 73.6 Å². The minimum absolute atomic E-state index is 0.355. The highest BCUT2D eigenvalue weighted by Crippen LogP contribution is 2.07. The van der Waals surface area contributed by atoms with Crippen molar-refractivity contribution in [3.63, 3.8) is 0 Å². The van der Waals surface area contributed by atoms with Crippen molar-refractivity contribution in [2.75, 3.05) is 0 Å². The summed E-state index contributed by atoms with van der Waals surface area (Å²) in [4.78, 5) is 0.